The number of ether oxygens (including phenoxy) is 1. The average molecular weight is 231 g/mol. The van der Waals surface area contributed by atoms with Crippen LogP contribution in [0, 0.1) is 0 Å². The maximum absolute atomic E-state index is 11.5. The smallest absolute Gasteiger partial charge is 0.358 e. The van der Waals surface area contributed by atoms with Crippen LogP contribution in [0.2, 0.25) is 0 Å². The molecule has 0 bridgehead atoms. The van der Waals surface area contributed by atoms with Crippen molar-refractivity contribution in [2.24, 2.45) is 7.05 Å². The molecule has 5 nitrogen and oxygen atoms in total. The van der Waals surface area contributed by atoms with Crippen molar-refractivity contribution in [1.82, 2.24) is 14.8 Å². The number of carbonyl (C=O) groups is 1. The zero-order valence-electron chi connectivity index (χ0n) is 9.75. The third-order valence-electron chi connectivity index (χ3n) is 2.34. The van der Waals surface area contributed by atoms with Crippen molar-refractivity contribution in [3.63, 3.8) is 0 Å². The van der Waals surface area contributed by atoms with Gasteiger partial charge in [0.15, 0.2) is 5.69 Å². The topological polar surface area (TPSA) is 57.0 Å². The molecule has 0 atom stereocenters. The molecule has 2 rings (SSSR count). The van der Waals surface area contributed by atoms with E-state index in [0.29, 0.717) is 12.3 Å². The lowest BCUT2D eigenvalue weighted by molar-refractivity contribution is 0.0518. The minimum absolute atomic E-state index is 0.321. The van der Waals surface area contributed by atoms with Crippen LogP contribution in [0.4, 0.5) is 0 Å². The Morgan fingerprint density at radius 2 is 2.12 bits per heavy atom. The number of hydrogen-bond acceptors (Lipinski definition) is 4. The fraction of sp³-hybridized carbons (Fsp3) is 0.250. The van der Waals surface area contributed by atoms with Crippen molar-refractivity contribution in [2.75, 3.05) is 6.61 Å². The van der Waals surface area contributed by atoms with Gasteiger partial charge in [0.05, 0.1) is 12.3 Å². The molecule has 0 spiro atoms. The van der Waals surface area contributed by atoms with Crippen molar-refractivity contribution in [3.8, 4) is 11.3 Å². The number of aryl methyl sites for hydroxylation is 1. The maximum atomic E-state index is 11.5. The van der Waals surface area contributed by atoms with E-state index in [1.165, 1.54) is 0 Å². The minimum atomic E-state index is -0.400. The van der Waals surface area contributed by atoms with Crippen LogP contribution in [0.15, 0.2) is 30.6 Å². The highest BCUT2D eigenvalue weighted by Gasteiger charge is 2.14. The van der Waals surface area contributed by atoms with Crippen LogP contribution in [0.3, 0.4) is 0 Å². The van der Waals surface area contributed by atoms with Gasteiger partial charge >= 0.3 is 5.97 Å². The Hall–Kier alpha value is -2.17. The molecule has 88 valence electrons. The van der Waals surface area contributed by atoms with E-state index < -0.39 is 5.97 Å². The van der Waals surface area contributed by atoms with Gasteiger partial charge in [-0.2, -0.15) is 5.10 Å². The Balaban J connectivity index is 2.35. The van der Waals surface area contributed by atoms with E-state index >= 15 is 0 Å². The molecular formula is C12H13N3O2. The quantitative estimate of drug-likeness (QED) is 0.754. The fourth-order valence-corrected chi connectivity index (χ4v) is 1.56. The van der Waals surface area contributed by atoms with Crippen molar-refractivity contribution < 1.29 is 9.53 Å². The number of hydrogen-bond donors (Lipinski definition) is 0. The zero-order chi connectivity index (χ0) is 12.3. The van der Waals surface area contributed by atoms with E-state index in [9.17, 15) is 4.79 Å². The number of esters is 1. The summed E-state index contributed by atoms with van der Waals surface area (Å²) in [7, 11) is 1.79. The molecule has 0 aliphatic carbocycles. The normalized spacial score (nSPS) is 10.2. The first-order chi connectivity index (χ1) is 8.22. The molecule has 0 radical (unpaired) electrons. The second-order valence-corrected chi connectivity index (χ2v) is 3.49. The highest BCUT2D eigenvalue weighted by atomic mass is 16.5. The van der Waals surface area contributed by atoms with Crippen LogP contribution in [-0.2, 0) is 11.8 Å². The van der Waals surface area contributed by atoms with Crippen molar-refractivity contribution in [3.05, 3.63) is 36.3 Å². The molecule has 2 aromatic heterocycles. The summed E-state index contributed by atoms with van der Waals surface area (Å²) in [4.78, 5) is 15.5. The maximum Gasteiger partial charge on any atom is 0.358 e. The summed E-state index contributed by atoms with van der Waals surface area (Å²) in [6.07, 6.45) is 3.40. The second kappa shape index (κ2) is 4.78. The van der Waals surface area contributed by atoms with Gasteiger partial charge in [-0.3, -0.25) is 9.67 Å². The summed E-state index contributed by atoms with van der Waals surface area (Å²) in [5.41, 5.74) is 2.14. The standard InChI is InChI=1S/C12H13N3O2/c1-3-17-12(16)10-8-11(15(2)14-10)9-4-6-13-7-5-9/h4-8H,3H2,1-2H3. The Bertz CT molecular complexity index is 520. The SMILES string of the molecule is CCOC(=O)c1cc(-c2ccncc2)n(C)n1. The molecular weight excluding hydrogens is 218 g/mol. The molecule has 0 unspecified atom stereocenters. The van der Waals surface area contributed by atoms with Gasteiger partial charge in [0, 0.05) is 25.0 Å². The minimum Gasteiger partial charge on any atom is -0.461 e. The van der Waals surface area contributed by atoms with E-state index in [1.54, 1.807) is 37.1 Å². The van der Waals surface area contributed by atoms with Crippen molar-refractivity contribution in [2.45, 2.75) is 6.92 Å². The highest BCUT2D eigenvalue weighted by Crippen LogP contribution is 2.18. The number of nitrogens with zero attached hydrogens (tertiary/aromatic N) is 3. The van der Waals surface area contributed by atoms with Gasteiger partial charge in [0.2, 0.25) is 0 Å². The number of aromatic nitrogens is 3. The second-order valence-electron chi connectivity index (χ2n) is 3.49. The van der Waals surface area contributed by atoms with Crippen LogP contribution in [0.25, 0.3) is 11.3 Å². The lowest BCUT2D eigenvalue weighted by Gasteiger charge is -1.99. The monoisotopic (exact) mass is 231 g/mol. The largest absolute Gasteiger partial charge is 0.461 e. The molecule has 5 heteroatoms. The predicted octanol–water partition coefficient (Wildman–Crippen LogP) is 1.66. The third-order valence-corrected chi connectivity index (χ3v) is 2.34. The van der Waals surface area contributed by atoms with Gasteiger partial charge in [-0.15, -0.1) is 0 Å². The van der Waals surface area contributed by atoms with E-state index in [-0.39, 0.29) is 0 Å². The Kier molecular flexibility index (Phi) is 3.18. The molecule has 0 saturated heterocycles. The first kappa shape index (κ1) is 11.3. The van der Waals surface area contributed by atoms with Gasteiger partial charge < -0.3 is 4.74 Å². The summed E-state index contributed by atoms with van der Waals surface area (Å²) in [6.45, 7) is 2.12. The van der Waals surface area contributed by atoms with Crippen LogP contribution < -0.4 is 0 Å². The number of pyridine rings is 1. The number of carbonyl (C=O) groups excluding carboxylic acids is 1. The van der Waals surface area contributed by atoms with Crippen LogP contribution in [0.1, 0.15) is 17.4 Å². The van der Waals surface area contributed by atoms with E-state index in [1.807, 2.05) is 12.1 Å². The third kappa shape index (κ3) is 2.33. The summed E-state index contributed by atoms with van der Waals surface area (Å²) >= 11 is 0. The van der Waals surface area contributed by atoms with E-state index in [2.05, 4.69) is 10.1 Å². The molecule has 0 aliphatic heterocycles. The molecule has 2 aromatic rings. The average Bonchev–Trinajstić information content (AvgIpc) is 2.73. The Morgan fingerprint density at radius 3 is 2.76 bits per heavy atom. The van der Waals surface area contributed by atoms with Gasteiger partial charge in [0.1, 0.15) is 0 Å². The summed E-state index contributed by atoms with van der Waals surface area (Å²) in [5, 5.41) is 4.13. The molecule has 17 heavy (non-hydrogen) atoms. The predicted molar refractivity (Wildman–Crippen MR) is 62.4 cm³/mol. The van der Waals surface area contributed by atoms with Gasteiger partial charge in [-0.25, -0.2) is 4.79 Å². The summed E-state index contributed by atoms with van der Waals surface area (Å²) in [5.74, 6) is -0.400. The first-order valence-corrected chi connectivity index (χ1v) is 5.34. The van der Waals surface area contributed by atoms with Crippen LogP contribution >= 0.6 is 0 Å². The molecule has 2 heterocycles. The highest BCUT2D eigenvalue weighted by molar-refractivity contribution is 5.88. The zero-order valence-corrected chi connectivity index (χ0v) is 9.75. The molecule has 0 aromatic carbocycles. The Labute approximate surface area is 99.1 Å². The van der Waals surface area contributed by atoms with E-state index in [4.69, 9.17) is 4.74 Å². The van der Waals surface area contributed by atoms with Crippen molar-refractivity contribution in [1.29, 1.82) is 0 Å². The molecule has 0 amide bonds. The summed E-state index contributed by atoms with van der Waals surface area (Å²) < 4.78 is 6.56. The van der Waals surface area contributed by atoms with Crippen LogP contribution in [0.5, 0.6) is 0 Å². The molecule has 0 fully saturated rings. The first-order valence-electron chi connectivity index (χ1n) is 5.34. The molecule has 0 saturated carbocycles. The van der Waals surface area contributed by atoms with Crippen molar-refractivity contribution >= 4 is 5.97 Å². The van der Waals surface area contributed by atoms with Gasteiger partial charge in [-0.1, -0.05) is 0 Å². The van der Waals surface area contributed by atoms with Crippen LogP contribution in [-0.4, -0.2) is 27.3 Å². The number of rotatable bonds is 3. The van der Waals surface area contributed by atoms with E-state index in [0.717, 1.165) is 11.3 Å². The lowest BCUT2D eigenvalue weighted by Crippen LogP contribution is -2.05. The lowest BCUT2D eigenvalue weighted by atomic mass is 10.2. The molecule has 0 aliphatic rings. The fourth-order valence-electron chi connectivity index (χ4n) is 1.56. The molecule has 0 N–H and O–H groups in total. The van der Waals surface area contributed by atoms with Gasteiger partial charge in [0.25, 0.3) is 0 Å². The van der Waals surface area contributed by atoms with Gasteiger partial charge in [-0.05, 0) is 25.1 Å². The summed E-state index contributed by atoms with van der Waals surface area (Å²) in [6, 6.07) is 5.45. The Morgan fingerprint density at radius 1 is 1.41 bits per heavy atom.